The first-order valence-electron chi connectivity index (χ1n) is 5.81. The van der Waals surface area contributed by atoms with Gasteiger partial charge in [0.2, 0.25) is 0 Å². The number of carbonyl (C=O) groups excluding carboxylic acids is 2. The van der Waals surface area contributed by atoms with Crippen molar-refractivity contribution in [3.05, 3.63) is 30.1 Å². The van der Waals surface area contributed by atoms with Gasteiger partial charge in [0, 0.05) is 12.2 Å². The number of carbonyl (C=O) groups is 2. The van der Waals surface area contributed by atoms with Crippen LogP contribution in [-0.2, 0) is 14.3 Å². The lowest BCUT2D eigenvalue weighted by Crippen LogP contribution is -2.25. The molecule has 1 aromatic rings. The van der Waals surface area contributed by atoms with Crippen LogP contribution in [0.15, 0.2) is 24.3 Å². The molecule has 5 heteroatoms. The standard InChI is InChI=1S/C13H14FNO3/c1-2-18-13(17)11-7-15(8-12(11)16)10-5-3-4-9(14)6-10/h3-6,11H,2,7-8H2,1H3. The van der Waals surface area contributed by atoms with Gasteiger partial charge in [0.05, 0.1) is 13.2 Å². The van der Waals surface area contributed by atoms with E-state index in [4.69, 9.17) is 4.74 Å². The van der Waals surface area contributed by atoms with Crippen molar-refractivity contribution in [1.82, 2.24) is 0 Å². The number of benzene rings is 1. The largest absolute Gasteiger partial charge is 0.465 e. The van der Waals surface area contributed by atoms with Crippen LogP contribution in [0.2, 0.25) is 0 Å². The molecule has 0 spiro atoms. The van der Waals surface area contributed by atoms with Gasteiger partial charge in [0.15, 0.2) is 5.78 Å². The second kappa shape index (κ2) is 5.16. The fourth-order valence-electron chi connectivity index (χ4n) is 2.00. The molecular weight excluding hydrogens is 237 g/mol. The van der Waals surface area contributed by atoms with Crippen molar-refractivity contribution in [3.63, 3.8) is 0 Å². The monoisotopic (exact) mass is 251 g/mol. The van der Waals surface area contributed by atoms with E-state index >= 15 is 0 Å². The summed E-state index contributed by atoms with van der Waals surface area (Å²) in [6.45, 7) is 2.32. The van der Waals surface area contributed by atoms with E-state index in [1.54, 1.807) is 24.0 Å². The van der Waals surface area contributed by atoms with Gasteiger partial charge in [-0.2, -0.15) is 0 Å². The predicted octanol–water partition coefficient (Wildman–Crippen LogP) is 1.39. The Kier molecular flexibility index (Phi) is 3.60. The zero-order valence-electron chi connectivity index (χ0n) is 10.1. The van der Waals surface area contributed by atoms with E-state index in [0.29, 0.717) is 5.69 Å². The molecule has 1 aliphatic heterocycles. The molecule has 18 heavy (non-hydrogen) atoms. The second-order valence-corrected chi connectivity index (χ2v) is 4.13. The summed E-state index contributed by atoms with van der Waals surface area (Å²) in [5, 5.41) is 0. The quantitative estimate of drug-likeness (QED) is 0.601. The minimum Gasteiger partial charge on any atom is -0.465 e. The van der Waals surface area contributed by atoms with E-state index in [1.807, 2.05) is 0 Å². The van der Waals surface area contributed by atoms with Crippen molar-refractivity contribution >= 4 is 17.4 Å². The Morgan fingerprint density at radius 3 is 3.00 bits per heavy atom. The van der Waals surface area contributed by atoms with Gasteiger partial charge in [-0.25, -0.2) is 4.39 Å². The Bertz CT molecular complexity index is 475. The summed E-state index contributed by atoms with van der Waals surface area (Å²) < 4.78 is 17.9. The summed E-state index contributed by atoms with van der Waals surface area (Å²) in [6.07, 6.45) is 0. The number of ether oxygens (including phenoxy) is 1. The highest BCUT2D eigenvalue weighted by Gasteiger charge is 2.37. The molecule has 1 unspecified atom stereocenters. The maximum atomic E-state index is 13.1. The number of rotatable bonds is 3. The molecule has 96 valence electrons. The Hall–Kier alpha value is -1.91. The lowest BCUT2D eigenvalue weighted by molar-refractivity contribution is -0.149. The number of hydrogen-bond donors (Lipinski definition) is 0. The van der Waals surface area contributed by atoms with E-state index in [0.717, 1.165) is 0 Å². The van der Waals surface area contributed by atoms with Gasteiger partial charge in [-0.3, -0.25) is 9.59 Å². The molecule has 1 atom stereocenters. The topological polar surface area (TPSA) is 46.6 Å². The van der Waals surface area contributed by atoms with E-state index in [-0.39, 0.29) is 31.3 Å². The molecule has 0 aromatic heterocycles. The third-order valence-corrected chi connectivity index (χ3v) is 2.88. The third-order valence-electron chi connectivity index (χ3n) is 2.88. The maximum Gasteiger partial charge on any atom is 0.318 e. The molecule has 0 amide bonds. The van der Waals surface area contributed by atoms with Crippen molar-refractivity contribution in [2.75, 3.05) is 24.6 Å². The van der Waals surface area contributed by atoms with E-state index < -0.39 is 11.9 Å². The molecule has 0 saturated carbocycles. The average molecular weight is 251 g/mol. The van der Waals surface area contributed by atoms with Crippen molar-refractivity contribution in [2.24, 2.45) is 5.92 Å². The van der Waals surface area contributed by atoms with Crippen LogP contribution in [0.3, 0.4) is 0 Å². The molecule has 2 rings (SSSR count). The summed E-state index contributed by atoms with van der Waals surface area (Å²) in [7, 11) is 0. The molecule has 0 aliphatic carbocycles. The zero-order chi connectivity index (χ0) is 13.1. The molecule has 1 aliphatic rings. The SMILES string of the molecule is CCOC(=O)C1CN(c2cccc(F)c2)CC1=O. The van der Waals surface area contributed by atoms with Gasteiger partial charge >= 0.3 is 5.97 Å². The van der Waals surface area contributed by atoms with Crippen LogP contribution >= 0.6 is 0 Å². The van der Waals surface area contributed by atoms with Crippen LogP contribution in [0, 0.1) is 11.7 Å². The second-order valence-electron chi connectivity index (χ2n) is 4.13. The summed E-state index contributed by atoms with van der Waals surface area (Å²) in [4.78, 5) is 25.0. The fourth-order valence-corrected chi connectivity index (χ4v) is 2.00. The summed E-state index contributed by atoms with van der Waals surface area (Å²) >= 11 is 0. The summed E-state index contributed by atoms with van der Waals surface area (Å²) in [5.41, 5.74) is 0.607. The summed E-state index contributed by atoms with van der Waals surface area (Å²) in [5.74, 6) is -1.80. The molecule has 1 fully saturated rings. The first kappa shape index (κ1) is 12.5. The highest BCUT2D eigenvalue weighted by molar-refractivity contribution is 6.04. The number of nitrogens with zero attached hydrogens (tertiary/aromatic N) is 1. The van der Waals surface area contributed by atoms with Gasteiger partial charge in [-0.05, 0) is 25.1 Å². The van der Waals surface area contributed by atoms with Crippen molar-refractivity contribution < 1.29 is 18.7 Å². The molecule has 4 nitrogen and oxygen atoms in total. The Morgan fingerprint density at radius 1 is 1.56 bits per heavy atom. The van der Waals surface area contributed by atoms with Gasteiger partial charge < -0.3 is 9.64 Å². The Balaban J connectivity index is 2.11. The van der Waals surface area contributed by atoms with Gasteiger partial charge in [0.25, 0.3) is 0 Å². The van der Waals surface area contributed by atoms with Crippen molar-refractivity contribution in [1.29, 1.82) is 0 Å². The number of esters is 1. The molecule has 1 heterocycles. The molecule has 0 bridgehead atoms. The van der Waals surface area contributed by atoms with Gasteiger partial charge in [0.1, 0.15) is 11.7 Å². The number of Topliss-reactive ketones (excluding diaryl/α,β-unsaturated/α-hetero) is 1. The highest BCUT2D eigenvalue weighted by Crippen LogP contribution is 2.23. The average Bonchev–Trinajstić information content (AvgIpc) is 2.72. The normalized spacial score (nSPS) is 19.1. The third kappa shape index (κ3) is 2.50. The number of halogens is 1. The minimum atomic E-state index is -0.756. The minimum absolute atomic E-state index is 0.118. The van der Waals surface area contributed by atoms with Crippen LogP contribution < -0.4 is 4.90 Å². The molecular formula is C13H14FNO3. The lowest BCUT2D eigenvalue weighted by atomic mass is 10.1. The van der Waals surface area contributed by atoms with Crippen LogP contribution in [0.1, 0.15) is 6.92 Å². The van der Waals surface area contributed by atoms with Crippen LogP contribution in [-0.4, -0.2) is 31.4 Å². The lowest BCUT2D eigenvalue weighted by Gasteiger charge is -2.17. The molecule has 1 aromatic carbocycles. The highest BCUT2D eigenvalue weighted by atomic mass is 19.1. The smallest absolute Gasteiger partial charge is 0.318 e. The Morgan fingerprint density at radius 2 is 2.33 bits per heavy atom. The first-order chi connectivity index (χ1) is 8.61. The van der Waals surface area contributed by atoms with Crippen LogP contribution in [0.4, 0.5) is 10.1 Å². The number of anilines is 1. The van der Waals surface area contributed by atoms with Crippen molar-refractivity contribution in [3.8, 4) is 0 Å². The van der Waals surface area contributed by atoms with Crippen LogP contribution in [0.5, 0.6) is 0 Å². The molecule has 0 radical (unpaired) electrons. The van der Waals surface area contributed by atoms with Crippen molar-refractivity contribution in [2.45, 2.75) is 6.92 Å². The Labute approximate surface area is 104 Å². The fraction of sp³-hybridized carbons (Fsp3) is 0.385. The van der Waals surface area contributed by atoms with E-state index in [2.05, 4.69) is 0 Å². The van der Waals surface area contributed by atoms with Crippen LogP contribution in [0.25, 0.3) is 0 Å². The molecule has 0 N–H and O–H groups in total. The van der Waals surface area contributed by atoms with E-state index in [1.165, 1.54) is 12.1 Å². The number of hydrogen-bond acceptors (Lipinski definition) is 4. The van der Waals surface area contributed by atoms with E-state index in [9.17, 15) is 14.0 Å². The van der Waals surface area contributed by atoms with Gasteiger partial charge in [-0.15, -0.1) is 0 Å². The zero-order valence-corrected chi connectivity index (χ0v) is 10.1. The maximum absolute atomic E-state index is 13.1. The predicted molar refractivity (Wildman–Crippen MR) is 63.7 cm³/mol. The summed E-state index contributed by atoms with van der Waals surface area (Å²) in [6, 6.07) is 5.97. The molecule has 1 saturated heterocycles. The first-order valence-corrected chi connectivity index (χ1v) is 5.81. The van der Waals surface area contributed by atoms with Gasteiger partial charge in [-0.1, -0.05) is 6.07 Å². The number of ketones is 1.